The van der Waals surface area contributed by atoms with E-state index in [-0.39, 0.29) is 5.97 Å². The highest BCUT2D eigenvalue weighted by atomic mass is 32.1. The van der Waals surface area contributed by atoms with E-state index in [1.165, 1.54) is 39.8 Å². The third-order valence-corrected chi connectivity index (χ3v) is 6.03. The fourth-order valence-corrected chi connectivity index (χ4v) is 4.91. The molecule has 0 amide bonds. The molecule has 3 heteroatoms. The van der Waals surface area contributed by atoms with Crippen molar-refractivity contribution in [3.05, 3.63) is 34.2 Å². The quantitative estimate of drug-likeness (QED) is 0.672. The van der Waals surface area contributed by atoms with Gasteiger partial charge in [-0.25, -0.2) is 0 Å². The minimum absolute atomic E-state index is 0.0380. The van der Waals surface area contributed by atoms with Crippen LogP contribution in [0.25, 0.3) is 10.1 Å². The molecule has 23 heavy (non-hydrogen) atoms. The molecule has 2 aromatic rings. The van der Waals surface area contributed by atoms with Gasteiger partial charge < -0.3 is 4.74 Å². The van der Waals surface area contributed by atoms with E-state index in [0.717, 1.165) is 19.3 Å². The second-order valence-corrected chi connectivity index (χ2v) is 7.69. The van der Waals surface area contributed by atoms with Gasteiger partial charge in [0.25, 0.3) is 0 Å². The predicted molar refractivity (Wildman–Crippen MR) is 97.2 cm³/mol. The number of rotatable bonds is 6. The van der Waals surface area contributed by atoms with Gasteiger partial charge in [0.2, 0.25) is 0 Å². The summed E-state index contributed by atoms with van der Waals surface area (Å²) >= 11 is 1.92. The van der Waals surface area contributed by atoms with Crippen LogP contribution < -0.4 is 0 Å². The Balaban J connectivity index is 1.77. The molecule has 0 spiro atoms. The second-order valence-electron chi connectivity index (χ2n) is 6.56. The van der Waals surface area contributed by atoms with Gasteiger partial charge >= 0.3 is 5.97 Å². The molecule has 1 unspecified atom stereocenters. The number of esters is 1. The molecule has 1 aliphatic rings. The Morgan fingerprint density at radius 1 is 1.35 bits per heavy atom. The van der Waals surface area contributed by atoms with E-state index in [1.807, 2.05) is 18.3 Å². The van der Waals surface area contributed by atoms with Crippen molar-refractivity contribution >= 4 is 27.4 Å². The number of thiophene rings is 1. The number of aryl methyl sites for hydroxylation is 2. The number of hydrogen-bond donors (Lipinski definition) is 0. The van der Waals surface area contributed by atoms with Gasteiger partial charge in [0.1, 0.15) is 0 Å². The Morgan fingerprint density at radius 2 is 2.22 bits per heavy atom. The lowest BCUT2D eigenvalue weighted by atomic mass is 9.85. The maximum Gasteiger partial charge on any atom is 0.306 e. The van der Waals surface area contributed by atoms with Gasteiger partial charge in [0.15, 0.2) is 0 Å². The Kier molecular flexibility index (Phi) is 5.37. The number of unbranched alkanes of at least 4 members (excludes halogenated alkanes) is 1. The summed E-state index contributed by atoms with van der Waals surface area (Å²) in [7, 11) is 0. The van der Waals surface area contributed by atoms with Crippen LogP contribution in [0, 0.1) is 5.92 Å². The Bertz CT molecular complexity index is 686. The lowest BCUT2D eigenvalue weighted by Crippen LogP contribution is -2.17. The van der Waals surface area contributed by atoms with Crippen molar-refractivity contribution in [1.82, 2.24) is 0 Å². The lowest BCUT2D eigenvalue weighted by molar-refractivity contribution is -0.144. The molecule has 0 N–H and O–H groups in total. The van der Waals surface area contributed by atoms with Crippen LogP contribution in [0.3, 0.4) is 0 Å². The van der Waals surface area contributed by atoms with Crippen LogP contribution in [0.5, 0.6) is 0 Å². The minimum Gasteiger partial charge on any atom is -0.466 e. The maximum absolute atomic E-state index is 11.7. The van der Waals surface area contributed by atoms with Gasteiger partial charge in [0, 0.05) is 16.0 Å². The molecule has 0 radical (unpaired) electrons. The zero-order valence-electron chi connectivity index (χ0n) is 14.2. The van der Waals surface area contributed by atoms with Crippen LogP contribution in [-0.2, 0) is 28.8 Å². The van der Waals surface area contributed by atoms with Gasteiger partial charge in [-0.2, -0.15) is 0 Å². The van der Waals surface area contributed by atoms with Crippen molar-refractivity contribution in [2.45, 2.75) is 58.8 Å². The van der Waals surface area contributed by atoms with Crippen molar-refractivity contribution in [3.8, 4) is 0 Å². The fraction of sp³-hybridized carbons (Fsp3) is 0.550. The van der Waals surface area contributed by atoms with Crippen molar-refractivity contribution in [2.24, 2.45) is 5.92 Å². The summed E-state index contributed by atoms with van der Waals surface area (Å²) < 4.78 is 6.52. The first-order valence-corrected chi connectivity index (χ1v) is 9.71. The second kappa shape index (κ2) is 7.48. The Labute approximate surface area is 142 Å². The first kappa shape index (κ1) is 16.5. The highest BCUT2D eigenvalue weighted by molar-refractivity contribution is 7.19. The third-order valence-electron chi connectivity index (χ3n) is 4.80. The molecule has 124 valence electrons. The van der Waals surface area contributed by atoms with E-state index in [0.29, 0.717) is 18.9 Å². The van der Waals surface area contributed by atoms with Crippen LogP contribution in [0.15, 0.2) is 18.2 Å². The van der Waals surface area contributed by atoms with Crippen molar-refractivity contribution in [3.63, 3.8) is 0 Å². The largest absolute Gasteiger partial charge is 0.466 e. The summed E-state index contributed by atoms with van der Waals surface area (Å²) in [5.41, 5.74) is 3.01. The molecule has 0 fully saturated rings. The highest BCUT2D eigenvalue weighted by Crippen LogP contribution is 2.39. The van der Waals surface area contributed by atoms with Crippen LogP contribution in [0.2, 0.25) is 0 Å². The molecule has 1 atom stereocenters. The monoisotopic (exact) mass is 330 g/mol. The normalized spacial score (nSPS) is 17.2. The molecule has 1 aliphatic carbocycles. The van der Waals surface area contributed by atoms with E-state index in [2.05, 4.69) is 25.1 Å². The molecule has 0 saturated heterocycles. The van der Waals surface area contributed by atoms with Crippen LogP contribution in [0.4, 0.5) is 0 Å². The Hall–Kier alpha value is -1.35. The number of carbonyl (C=O) groups excluding carboxylic acids is 1. The molecule has 1 aromatic heterocycles. The zero-order chi connectivity index (χ0) is 16.2. The third kappa shape index (κ3) is 3.77. The summed E-state index contributed by atoms with van der Waals surface area (Å²) in [6.07, 6.45) is 7.52. The van der Waals surface area contributed by atoms with Crippen molar-refractivity contribution < 1.29 is 9.53 Å². The van der Waals surface area contributed by atoms with Gasteiger partial charge in [-0.05, 0) is 67.5 Å². The summed E-state index contributed by atoms with van der Waals surface area (Å²) in [6.45, 7) is 4.61. The van der Waals surface area contributed by atoms with E-state index >= 15 is 0 Å². The van der Waals surface area contributed by atoms with Gasteiger partial charge in [-0.1, -0.05) is 25.5 Å². The van der Waals surface area contributed by atoms with E-state index in [9.17, 15) is 4.79 Å². The maximum atomic E-state index is 11.7. The number of benzene rings is 1. The number of hydrogen-bond acceptors (Lipinski definition) is 3. The van der Waals surface area contributed by atoms with Crippen molar-refractivity contribution in [1.29, 1.82) is 0 Å². The lowest BCUT2D eigenvalue weighted by Gasteiger charge is -2.21. The molecule has 3 rings (SSSR count). The van der Waals surface area contributed by atoms with Gasteiger partial charge in [0.05, 0.1) is 6.61 Å². The summed E-state index contributed by atoms with van der Waals surface area (Å²) in [4.78, 5) is 13.2. The molecule has 0 saturated carbocycles. The summed E-state index contributed by atoms with van der Waals surface area (Å²) in [6, 6.07) is 6.99. The van der Waals surface area contributed by atoms with Gasteiger partial charge in [-0.15, -0.1) is 11.3 Å². The number of fused-ring (bicyclic) bond motifs is 3. The highest BCUT2D eigenvalue weighted by Gasteiger charge is 2.25. The van der Waals surface area contributed by atoms with Crippen LogP contribution >= 0.6 is 11.3 Å². The summed E-state index contributed by atoms with van der Waals surface area (Å²) in [5, 5.41) is 1.47. The van der Waals surface area contributed by atoms with E-state index in [4.69, 9.17) is 4.74 Å². The fourth-order valence-electron chi connectivity index (χ4n) is 3.56. The standard InChI is InChI=1S/C20H26O2S/c1-3-5-6-14-8-10-18-17(11-14)16-9-7-15(12-19(16)23-18)13-20(21)22-4-2/h8,10-11,15H,3-7,9,12-13H2,1-2H3. The Morgan fingerprint density at radius 3 is 3.00 bits per heavy atom. The molecule has 0 bridgehead atoms. The molecule has 1 heterocycles. The molecule has 1 aromatic carbocycles. The SMILES string of the molecule is CCCCc1ccc2sc3c(c2c1)CCC(CC(=O)OCC)C3. The average Bonchev–Trinajstić information content (AvgIpc) is 2.90. The first-order chi connectivity index (χ1) is 11.2. The van der Waals surface area contributed by atoms with Crippen LogP contribution in [0.1, 0.15) is 55.5 Å². The van der Waals surface area contributed by atoms with E-state index in [1.54, 1.807) is 5.56 Å². The molecular formula is C20H26O2S. The van der Waals surface area contributed by atoms with Crippen molar-refractivity contribution in [2.75, 3.05) is 6.61 Å². The predicted octanol–water partition coefficient (Wildman–Crippen LogP) is 5.30. The summed E-state index contributed by atoms with van der Waals surface area (Å²) in [5.74, 6) is 0.415. The zero-order valence-corrected chi connectivity index (χ0v) is 15.0. The van der Waals surface area contributed by atoms with Crippen LogP contribution in [-0.4, -0.2) is 12.6 Å². The average molecular weight is 330 g/mol. The van der Waals surface area contributed by atoms with E-state index < -0.39 is 0 Å². The molecular weight excluding hydrogens is 304 g/mol. The topological polar surface area (TPSA) is 26.3 Å². The molecule has 2 nitrogen and oxygen atoms in total. The molecule has 0 aliphatic heterocycles. The van der Waals surface area contributed by atoms with Gasteiger partial charge in [-0.3, -0.25) is 4.79 Å². The smallest absolute Gasteiger partial charge is 0.306 e. The minimum atomic E-state index is -0.0380. The first-order valence-electron chi connectivity index (χ1n) is 8.90. The number of ether oxygens (including phenoxy) is 1. The number of carbonyl (C=O) groups is 1.